The summed E-state index contributed by atoms with van der Waals surface area (Å²) in [6.45, 7) is 3.97. The van der Waals surface area contributed by atoms with Crippen molar-refractivity contribution in [2.45, 2.75) is 20.4 Å². The summed E-state index contributed by atoms with van der Waals surface area (Å²) < 4.78 is 1.87. The Morgan fingerprint density at radius 3 is 2.62 bits per heavy atom. The monoisotopic (exact) mass is 441 g/mol. The van der Waals surface area contributed by atoms with Crippen molar-refractivity contribution in [3.63, 3.8) is 0 Å². The average molecular weight is 442 g/mol. The second kappa shape index (κ2) is 8.05. The third kappa shape index (κ3) is 3.69. The fraction of sp³-hybridized carbons (Fsp3) is 0.120. The number of aromatic nitrogens is 3. The van der Waals surface area contributed by atoms with Gasteiger partial charge in [0.1, 0.15) is 12.1 Å². The first-order chi connectivity index (χ1) is 15.5. The highest BCUT2D eigenvalue weighted by Crippen LogP contribution is 2.28. The lowest BCUT2D eigenvalue weighted by atomic mass is 10.1. The third-order valence-electron chi connectivity index (χ3n) is 5.43. The molecule has 0 aliphatic carbocycles. The maximum absolute atomic E-state index is 12.8. The molecule has 0 aliphatic rings. The predicted octanol–water partition coefficient (Wildman–Crippen LogP) is 5.24. The zero-order chi connectivity index (χ0) is 22.2. The van der Waals surface area contributed by atoms with Crippen molar-refractivity contribution < 1.29 is 4.79 Å². The maximum atomic E-state index is 12.8. The summed E-state index contributed by atoms with van der Waals surface area (Å²) in [4.78, 5) is 22.4. The molecule has 0 saturated heterocycles. The van der Waals surface area contributed by atoms with Gasteiger partial charge in [-0.3, -0.25) is 4.79 Å². The van der Waals surface area contributed by atoms with Crippen molar-refractivity contribution in [2.24, 2.45) is 5.10 Å². The summed E-state index contributed by atoms with van der Waals surface area (Å²) >= 11 is 6.14. The molecular formula is C25H20ClN5O. The lowest BCUT2D eigenvalue weighted by Crippen LogP contribution is -2.24. The molecule has 32 heavy (non-hydrogen) atoms. The van der Waals surface area contributed by atoms with Crippen LogP contribution >= 0.6 is 11.6 Å². The molecule has 0 unspecified atom stereocenters. The number of hydrogen-bond acceptors (Lipinski definition) is 4. The molecule has 5 aromatic rings. The lowest BCUT2D eigenvalue weighted by Gasteiger charge is -2.07. The summed E-state index contributed by atoms with van der Waals surface area (Å²) in [7, 11) is 0. The van der Waals surface area contributed by atoms with E-state index in [0.717, 1.165) is 38.7 Å². The van der Waals surface area contributed by atoms with Gasteiger partial charge in [-0.05, 0) is 43.7 Å². The van der Waals surface area contributed by atoms with Gasteiger partial charge in [0, 0.05) is 10.4 Å². The van der Waals surface area contributed by atoms with E-state index in [9.17, 15) is 4.79 Å². The molecule has 5 rings (SSSR count). The molecule has 0 spiro atoms. The van der Waals surface area contributed by atoms with Gasteiger partial charge in [0.2, 0.25) is 0 Å². The summed E-state index contributed by atoms with van der Waals surface area (Å²) in [6, 6.07) is 21.3. The van der Waals surface area contributed by atoms with Gasteiger partial charge in [0.15, 0.2) is 5.65 Å². The molecule has 1 amide bonds. The SMILES string of the molecule is C/C(=N\NC(=O)Cn1c2ccccc2c2nc3cc(Cl)ccc3nc21)c1ccc(C)cc1. The fourth-order valence-corrected chi connectivity index (χ4v) is 3.92. The Morgan fingerprint density at radius 1 is 1.03 bits per heavy atom. The second-order valence-corrected chi connectivity index (χ2v) is 8.17. The molecule has 6 nitrogen and oxygen atoms in total. The van der Waals surface area contributed by atoms with Crippen LogP contribution in [0, 0.1) is 6.92 Å². The van der Waals surface area contributed by atoms with Crippen LogP contribution in [0.3, 0.4) is 0 Å². The number of hydrogen-bond donors (Lipinski definition) is 1. The number of amides is 1. The van der Waals surface area contributed by atoms with Gasteiger partial charge in [0.05, 0.1) is 22.3 Å². The summed E-state index contributed by atoms with van der Waals surface area (Å²) in [5.74, 6) is -0.239. The molecule has 2 aromatic heterocycles. The smallest absolute Gasteiger partial charge is 0.260 e. The van der Waals surface area contributed by atoms with Gasteiger partial charge in [-0.15, -0.1) is 0 Å². The largest absolute Gasteiger partial charge is 0.314 e. The van der Waals surface area contributed by atoms with E-state index in [-0.39, 0.29) is 12.5 Å². The highest BCUT2D eigenvalue weighted by Gasteiger charge is 2.16. The number of nitrogens with one attached hydrogen (secondary N) is 1. The van der Waals surface area contributed by atoms with Crippen molar-refractivity contribution in [1.29, 1.82) is 0 Å². The van der Waals surface area contributed by atoms with Crippen LogP contribution in [0.1, 0.15) is 18.1 Å². The van der Waals surface area contributed by atoms with E-state index in [1.807, 2.05) is 73.0 Å². The molecule has 0 saturated carbocycles. The minimum absolute atomic E-state index is 0.0719. The second-order valence-electron chi connectivity index (χ2n) is 7.73. The lowest BCUT2D eigenvalue weighted by molar-refractivity contribution is -0.121. The zero-order valence-electron chi connectivity index (χ0n) is 17.6. The standard InChI is InChI=1S/C25H20ClN5O/c1-15-7-9-17(10-8-15)16(2)29-30-23(32)14-31-22-6-4-3-5-19(22)24-25(31)28-20-12-11-18(26)13-21(20)27-24/h3-13H,14H2,1-2H3,(H,30,32)/b29-16+. The van der Waals surface area contributed by atoms with Crippen LogP contribution in [-0.2, 0) is 11.3 Å². The molecule has 3 aromatic carbocycles. The van der Waals surface area contributed by atoms with Gasteiger partial charge in [-0.25, -0.2) is 15.4 Å². The van der Waals surface area contributed by atoms with Crippen LogP contribution in [0.25, 0.3) is 33.1 Å². The van der Waals surface area contributed by atoms with Crippen LogP contribution in [0.5, 0.6) is 0 Å². The topological polar surface area (TPSA) is 72.2 Å². The van der Waals surface area contributed by atoms with Crippen molar-refractivity contribution >= 4 is 56.3 Å². The van der Waals surface area contributed by atoms with Crippen LogP contribution < -0.4 is 5.43 Å². The number of aryl methyl sites for hydroxylation is 1. The Labute approximate surface area is 189 Å². The molecule has 0 atom stereocenters. The Kier molecular flexibility index (Phi) is 5.07. The van der Waals surface area contributed by atoms with Gasteiger partial charge < -0.3 is 4.57 Å². The maximum Gasteiger partial charge on any atom is 0.260 e. The van der Waals surface area contributed by atoms with Crippen LogP contribution in [0.15, 0.2) is 71.8 Å². The normalized spacial score (nSPS) is 12.0. The van der Waals surface area contributed by atoms with Gasteiger partial charge >= 0.3 is 0 Å². The van der Waals surface area contributed by atoms with E-state index < -0.39 is 0 Å². The van der Waals surface area contributed by atoms with Crippen LogP contribution in [0.2, 0.25) is 5.02 Å². The van der Waals surface area contributed by atoms with Gasteiger partial charge in [-0.1, -0.05) is 59.6 Å². The molecule has 0 aliphatic heterocycles. The first kappa shape index (κ1) is 20.2. The Hall–Kier alpha value is -3.77. The molecular weight excluding hydrogens is 422 g/mol. The number of halogens is 1. The Morgan fingerprint density at radius 2 is 1.81 bits per heavy atom. The molecule has 0 fully saturated rings. The van der Waals surface area contributed by atoms with Crippen molar-refractivity contribution in [3.05, 3.63) is 82.9 Å². The third-order valence-corrected chi connectivity index (χ3v) is 5.67. The highest BCUT2D eigenvalue weighted by atomic mass is 35.5. The van der Waals surface area contributed by atoms with E-state index in [1.165, 1.54) is 5.56 Å². The van der Waals surface area contributed by atoms with Crippen molar-refractivity contribution in [2.75, 3.05) is 0 Å². The number of nitrogens with zero attached hydrogens (tertiary/aromatic N) is 4. The highest BCUT2D eigenvalue weighted by molar-refractivity contribution is 6.31. The minimum Gasteiger partial charge on any atom is -0.314 e. The van der Waals surface area contributed by atoms with E-state index in [2.05, 4.69) is 10.5 Å². The van der Waals surface area contributed by atoms with Crippen molar-refractivity contribution in [3.8, 4) is 0 Å². The summed E-state index contributed by atoms with van der Waals surface area (Å²) in [5.41, 5.74) is 9.26. The summed E-state index contributed by atoms with van der Waals surface area (Å²) in [5, 5.41) is 5.82. The number of rotatable bonds is 4. The number of hydrazone groups is 1. The number of carbonyl (C=O) groups is 1. The molecule has 1 N–H and O–H groups in total. The number of para-hydroxylation sites is 1. The predicted molar refractivity (Wildman–Crippen MR) is 129 cm³/mol. The minimum atomic E-state index is -0.239. The first-order valence-corrected chi connectivity index (χ1v) is 10.6. The van der Waals surface area contributed by atoms with E-state index in [4.69, 9.17) is 21.6 Å². The molecule has 0 radical (unpaired) electrons. The number of carbonyl (C=O) groups excluding carboxylic acids is 1. The summed E-state index contributed by atoms with van der Waals surface area (Å²) in [6.07, 6.45) is 0. The quantitative estimate of drug-likeness (QED) is 0.306. The van der Waals surface area contributed by atoms with Gasteiger partial charge in [0.25, 0.3) is 5.91 Å². The molecule has 2 heterocycles. The fourth-order valence-electron chi connectivity index (χ4n) is 3.75. The van der Waals surface area contributed by atoms with E-state index in [0.29, 0.717) is 10.7 Å². The molecule has 158 valence electrons. The number of fused-ring (bicyclic) bond motifs is 4. The van der Waals surface area contributed by atoms with E-state index >= 15 is 0 Å². The Balaban J connectivity index is 1.51. The zero-order valence-corrected chi connectivity index (χ0v) is 18.4. The van der Waals surface area contributed by atoms with E-state index in [1.54, 1.807) is 12.1 Å². The molecule has 0 bridgehead atoms. The molecule has 7 heteroatoms. The first-order valence-electron chi connectivity index (χ1n) is 10.2. The van der Waals surface area contributed by atoms with Crippen molar-refractivity contribution in [1.82, 2.24) is 20.0 Å². The van der Waals surface area contributed by atoms with Crippen LogP contribution in [0.4, 0.5) is 0 Å². The number of benzene rings is 3. The Bertz CT molecular complexity index is 1520. The average Bonchev–Trinajstić information content (AvgIpc) is 3.09. The van der Waals surface area contributed by atoms with Gasteiger partial charge in [-0.2, -0.15) is 5.10 Å². The van der Waals surface area contributed by atoms with Crippen LogP contribution in [-0.4, -0.2) is 26.2 Å².